The van der Waals surface area contributed by atoms with Crippen molar-refractivity contribution in [3.05, 3.63) is 34.2 Å². The van der Waals surface area contributed by atoms with Crippen molar-refractivity contribution in [3.63, 3.8) is 0 Å². The van der Waals surface area contributed by atoms with E-state index in [-0.39, 0.29) is 12.4 Å². The highest BCUT2D eigenvalue weighted by atomic mass is 79.9. The predicted octanol–water partition coefficient (Wildman–Crippen LogP) is 3.37. The van der Waals surface area contributed by atoms with Crippen molar-refractivity contribution in [1.29, 1.82) is 5.26 Å². The number of nitriles is 1. The van der Waals surface area contributed by atoms with Gasteiger partial charge in [-0.25, -0.2) is 4.39 Å². The molecule has 0 amide bonds. The van der Waals surface area contributed by atoms with Crippen molar-refractivity contribution in [2.45, 2.75) is 13.5 Å². The lowest BCUT2D eigenvalue weighted by molar-refractivity contribution is 0.629. The van der Waals surface area contributed by atoms with E-state index in [0.717, 1.165) is 21.1 Å². The summed E-state index contributed by atoms with van der Waals surface area (Å²) in [5.74, 6) is -0.266. The summed E-state index contributed by atoms with van der Waals surface area (Å²) < 4.78 is 15.8. The van der Waals surface area contributed by atoms with Crippen molar-refractivity contribution in [2.75, 3.05) is 0 Å². The average Bonchev–Trinajstić information content (AvgIpc) is 2.44. The normalized spacial score (nSPS) is 10.5. The first-order valence-corrected chi connectivity index (χ1v) is 5.25. The van der Waals surface area contributed by atoms with Crippen LogP contribution in [0.4, 0.5) is 4.39 Å². The molecule has 0 saturated heterocycles. The van der Waals surface area contributed by atoms with Gasteiger partial charge in [0, 0.05) is 15.6 Å². The number of rotatable bonds is 1. The Morgan fingerprint density at radius 2 is 2.27 bits per heavy atom. The maximum absolute atomic E-state index is 13.0. The minimum absolute atomic E-state index is 0.266. The smallest absolute Gasteiger partial charge is 0.123 e. The van der Waals surface area contributed by atoms with Crippen molar-refractivity contribution in [1.82, 2.24) is 4.57 Å². The molecule has 0 atom stereocenters. The van der Waals surface area contributed by atoms with E-state index >= 15 is 0 Å². The highest BCUT2D eigenvalue weighted by Gasteiger charge is 2.11. The minimum atomic E-state index is -0.266. The Bertz CT molecular complexity index is 566. The van der Waals surface area contributed by atoms with Crippen molar-refractivity contribution in [2.24, 2.45) is 0 Å². The molecule has 0 aliphatic heterocycles. The average molecular weight is 267 g/mol. The molecule has 0 saturated carbocycles. The summed E-state index contributed by atoms with van der Waals surface area (Å²) >= 11 is 3.41. The number of aromatic nitrogens is 1. The summed E-state index contributed by atoms with van der Waals surface area (Å²) in [6, 6.07) is 6.66. The molecule has 4 heteroatoms. The molecule has 0 spiro atoms. The number of hydrogen-bond acceptors (Lipinski definition) is 1. The van der Waals surface area contributed by atoms with E-state index < -0.39 is 0 Å². The zero-order valence-corrected chi connectivity index (χ0v) is 9.68. The molecule has 0 N–H and O–H groups in total. The monoisotopic (exact) mass is 266 g/mol. The highest BCUT2D eigenvalue weighted by molar-refractivity contribution is 9.10. The standard InChI is InChI=1S/C11H8BrFN2/c1-7-11(12)9-6-8(13)2-3-10(9)15(7)5-4-14/h2-3,6H,5H2,1H3. The molecule has 15 heavy (non-hydrogen) atoms. The van der Waals surface area contributed by atoms with Crippen LogP contribution >= 0.6 is 15.9 Å². The second kappa shape index (κ2) is 3.67. The van der Waals surface area contributed by atoms with Crippen LogP contribution in [0.15, 0.2) is 22.7 Å². The molecular formula is C11H8BrFN2. The molecular weight excluding hydrogens is 259 g/mol. The molecule has 0 aliphatic carbocycles. The first-order valence-electron chi connectivity index (χ1n) is 4.46. The van der Waals surface area contributed by atoms with Crippen LogP contribution in [0, 0.1) is 24.1 Å². The van der Waals surface area contributed by atoms with Crippen LogP contribution in [-0.4, -0.2) is 4.57 Å². The molecule has 0 aliphatic rings. The zero-order valence-electron chi connectivity index (χ0n) is 8.09. The van der Waals surface area contributed by atoms with E-state index in [1.807, 2.05) is 11.5 Å². The van der Waals surface area contributed by atoms with Gasteiger partial charge in [0.15, 0.2) is 0 Å². The largest absolute Gasteiger partial charge is 0.330 e. The molecule has 0 fully saturated rings. The number of halogens is 2. The van der Waals surface area contributed by atoms with Gasteiger partial charge in [0.05, 0.1) is 11.6 Å². The van der Waals surface area contributed by atoms with E-state index in [9.17, 15) is 4.39 Å². The molecule has 2 nitrogen and oxygen atoms in total. The summed E-state index contributed by atoms with van der Waals surface area (Å²) in [6.07, 6.45) is 0. The van der Waals surface area contributed by atoms with Crippen LogP contribution in [0.2, 0.25) is 0 Å². The second-order valence-corrected chi connectivity index (χ2v) is 4.10. The summed E-state index contributed by atoms with van der Waals surface area (Å²) in [7, 11) is 0. The molecule has 2 aromatic rings. The van der Waals surface area contributed by atoms with Crippen LogP contribution in [0.5, 0.6) is 0 Å². The lowest BCUT2D eigenvalue weighted by atomic mass is 10.2. The second-order valence-electron chi connectivity index (χ2n) is 3.31. The molecule has 76 valence electrons. The lowest BCUT2D eigenvalue weighted by Gasteiger charge is -2.01. The molecule has 2 rings (SSSR count). The molecule has 0 bridgehead atoms. The number of hydrogen-bond donors (Lipinski definition) is 0. The zero-order chi connectivity index (χ0) is 11.0. The van der Waals surface area contributed by atoms with E-state index in [4.69, 9.17) is 5.26 Å². The van der Waals surface area contributed by atoms with Gasteiger partial charge in [-0.3, -0.25) is 0 Å². The third-order valence-electron chi connectivity index (χ3n) is 2.44. The van der Waals surface area contributed by atoms with Gasteiger partial charge in [-0.1, -0.05) is 0 Å². The first kappa shape index (κ1) is 10.2. The lowest BCUT2D eigenvalue weighted by Crippen LogP contribution is -1.97. The van der Waals surface area contributed by atoms with E-state index in [0.29, 0.717) is 0 Å². The van der Waals surface area contributed by atoms with E-state index in [1.165, 1.54) is 12.1 Å². The Balaban J connectivity index is 2.82. The van der Waals surface area contributed by atoms with Gasteiger partial charge in [0.1, 0.15) is 12.4 Å². The van der Waals surface area contributed by atoms with Crippen molar-refractivity contribution >= 4 is 26.8 Å². The summed E-state index contributed by atoms with van der Waals surface area (Å²) in [4.78, 5) is 0. The Labute approximate surface area is 95.1 Å². The van der Waals surface area contributed by atoms with Gasteiger partial charge >= 0.3 is 0 Å². The maximum Gasteiger partial charge on any atom is 0.123 e. The Hall–Kier alpha value is -1.34. The molecule has 1 heterocycles. The first-order chi connectivity index (χ1) is 7.15. The van der Waals surface area contributed by atoms with E-state index in [2.05, 4.69) is 22.0 Å². The number of fused-ring (bicyclic) bond motifs is 1. The SMILES string of the molecule is Cc1c(Br)c2cc(F)ccc2n1CC#N. The quantitative estimate of drug-likeness (QED) is 0.778. The van der Waals surface area contributed by atoms with Gasteiger partial charge < -0.3 is 4.57 Å². The summed E-state index contributed by atoms with van der Waals surface area (Å²) in [6.45, 7) is 2.18. The van der Waals surface area contributed by atoms with Gasteiger partial charge in [0.25, 0.3) is 0 Å². The maximum atomic E-state index is 13.0. The summed E-state index contributed by atoms with van der Waals surface area (Å²) in [5, 5.41) is 9.52. The van der Waals surface area contributed by atoms with Crippen LogP contribution < -0.4 is 0 Å². The Kier molecular flexibility index (Phi) is 2.49. The fourth-order valence-corrected chi connectivity index (χ4v) is 2.22. The van der Waals surface area contributed by atoms with Crippen molar-refractivity contribution in [3.8, 4) is 6.07 Å². The topological polar surface area (TPSA) is 28.7 Å². The fourth-order valence-electron chi connectivity index (χ4n) is 1.69. The minimum Gasteiger partial charge on any atom is -0.330 e. The van der Waals surface area contributed by atoms with E-state index in [1.54, 1.807) is 6.07 Å². The van der Waals surface area contributed by atoms with Crippen molar-refractivity contribution < 1.29 is 4.39 Å². The van der Waals surface area contributed by atoms with Crippen LogP contribution in [0.1, 0.15) is 5.69 Å². The number of nitrogens with zero attached hydrogens (tertiary/aromatic N) is 2. The van der Waals surface area contributed by atoms with Gasteiger partial charge in [-0.05, 0) is 41.1 Å². The van der Waals surface area contributed by atoms with Gasteiger partial charge in [-0.2, -0.15) is 5.26 Å². The summed E-state index contributed by atoms with van der Waals surface area (Å²) in [5.41, 5.74) is 1.82. The third-order valence-corrected chi connectivity index (χ3v) is 3.44. The van der Waals surface area contributed by atoms with Crippen LogP contribution in [0.25, 0.3) is 10.9 Å². The third kappa shape index (κ3) is 1.53. The molecule has 0 radical (unpaired) electrons. The molecule has 1 aromatic carbocycles. The van der Waals surface area contributed by atoms with Gasteiger partial charge in [0.2, 0.25) is 0 Å². The Morgan fingerprint density at radius 3 is 2.93 bits per heavy atom. The van der Waals surface area contributed by atoms with Gasteiger partial charge in [-0.15, -0.1) is 0 Å². The molecule has 1 aromatic heterocycles. The Morgan fingerprint density at radius 1 is 1.53 bits per heavy atom. The van der Waals surface area contributed by atoms with Crippen LogP contribution in [0.3, 0.4) is 0 Å². The highest BCUT2D eigenvalue weighted by Crippen LogP contribution is 2.30. The predicted molar refractivity (Wildman–Crippen MR) is 59.9 cm³/mol. The fraction of sp³-hybridized carbons (Fsp3) is 0.182. The number of benzene rings is 1. The van der Waals surface area contributed by atoms with Crippen LogP contribution in [-0.2, 0) is 6.54 Å². The molecule has 0 unspecified atom stereocenters.